The van der Waals surface area contributed by atoms with Gasteiger partial charge in [0, 0.05) is 25.0 Å². The van der Waals surface area contributed by atoms with Crippen LogP contribution in [0.3, 0.4) is 0 Å². The summed E-state index contributed by atoms with van der Waals surface area (Å²) in [6.45, 7) is 5.75. The smallest absolute Gasteiger partial charge is 0.331 e. The topological polar surface area (TPSA) is 214 Å². The van der Waals surface area contributed by atoms with Gasteiger partial charge in [0.25, 0.3) is 0 Å². The van der Waals surface area contributed by atoms with Crippen LogP contribution in [0.2, 0.25) is 0 Å². The van der Waals surface area contributed by atoms with E-state index in [-0.39, 0.29) is 35.1 Å². The molecule has 0 aromatic rings. The lowest BCUT2D eigenvalue weighted by Gasteiger charge is -2.64. The highest BCUT2D eigenvalue weighted by Crippen LogP contribution is 2.70. The Labute approximate surface area is 292 Å². The van der Waals surface area contributed by atoms with Gasteiger partial charge in [-0.25, -0.2) is 4.79 Å². The lowest BCUT2D eigenvalue weighted by atomic mass is 9.42. The van der Waals surface area contributed by atoms with Crippen LogP contribution in [0.25, 0.3) is 0 Å². The van der Waals surface area contributed by atoms with E-state index in [4.69, 9.17) is 28.4 Å². The molecule has 19 unspecified atom stereocenters. The molecular formula is C36H56O14. The van der Waals surface area contributed by atoms with E-state index in [0.29, 0.717) is 25.9 Å². The molecule has 0 radical (unpaired) electrons. The molecule has 4 aliphatic carbocycles. The van der Waals surface area contributed by atoms with Crippen LogP contribution in [0.15, 0.2) is 11.6 Å². The van der Waals surface area contributed by atoms with Gasteiger partial charge >= 0.3 is 5.97 Å². The van der Waals surface area contributed by atoms with E-state index in [1.165, 1.54) is 7.11 Å². The maximum Gasteiger partial charge on any atom is 0.331 e. The van der Waals surface area contributed by atoms with E-state index in [0.717, 1.165) is 37.7 Å². The summed E-state index contributed by atoms with van der Waals surface area (Å²) in [6.07, 6.45) is -6.17. The van der Waals surface area contributed by atoms with Crippen LogP contribution in [0.4, 0.5) is 0 Å². The number of ether oxygens (including phenoxy) is 6. The number of aliphatic hydroxyl groups excluding tert-OH is 6. The van der Waals surface area contributed by atoms with Gasteiger partial charge in [0.05, 0.1) is 30.5 Å². The van der Waals surface area contributed by atoms with Crippen molar-refractivity contribution < 1.29 is 69.0 Å². The minimum atomic E-state index is -1.63. The van der Waals surface area contributed by atoms with Gasteiger partial charge < -0.3 is 64.2 Å². The molecule has 0 aromatic heterocycles. The zero-order valence-electron chi connectivity index (χ0n) is 29.4. The van der Waals surface area contributed by atoms with Crippen molar-refractivity contribution in [3.8, 4) is 0 Å². The quantitative estimate of drug-likeness (QED) is 0.136. The number of methoxy groups -OCH3 is 1. The normalized spacial score (nSPS) is 55.1. The Bertz CT molecular complexity index is 1300. The monoisotopic (exact) mass is 712 g/mol. The molecule has 7 N–H and O–H groups in total. The van der Waals surface area contributed by atoms with Crippen molar-refractivity contribution in [2.24, 2.45) is 34.5 Å². The van der Waals surface area contributed by atoms with Crippen molar-refractivity contribution in [3.63, 3.8) is 0 Å². The second-order valence-corrected chi connectivity index (χ2v) is 16.6. The maximum atomic E-state index is 12.5. The van der Waals surface area contributed by atoms with Gasteiger partial charge in [-0.15, -0.1) is 0 Å². The van der Waals surface area contributed by atoms with Gasteiger partial charge in [0.15, 0.2) is 12.6 Å². The maximum absolute atomic E-state index is 12.5. The van der Waals surface area contributed by atoms with Crippen molar-refractivity contribution in [1.82, 2.24) is 0 Å². The Hall–Kier alpha value is -1.27. The molecule has 14 heteroatoms. The molecule has 0 bridgehead atoms. The fourth-order valence-corrected chi connectivity index (χ4v) is 11.6. The van der Waals surface area contributed by atoms with Crippen LogP contribution in [-0.4, -0.2) is 141 Å². The first-order valence-corrected chi connectivity index (χ1v) is 18.4. The summed E-state index contributed by atoms with van der Waals surface area (Å²) < 4.78 is 34.9. The van der Waals surface area contributed by atoms with Gasteiger partial charge in [-0.2, -0.15) is 0 Å². The van der Waals surface area contributed by atoms with E-state index in [1.54, 1.807) is 13.0 Å². The van der Waals surface area contributed by atoms with E-state index < -0.39 is 91.2 Å². The van der Waals surface area contributed by atoms with Crippen molar-refractivity contribution >= 4 is 5.97 Å². The summed E-state index contributed by atoms with van der Waals surface area (Å²) in [4.78, 5) is 11.9. The number of hydrogen-bond donors (Lipinski definition) is 7. The van der Waals surface area contributed by atoms with E-state index >= 15 is 0 Å². The second kappa shape index (κ2) is 13.5. The van der Waals surface area contributed by atoms with Crippen LogP contribution in [-0.2, 0) is 33.2 Å². The number of esters is 1. The molecule has 0 spiro atoms. The number of fused-ring (bicyclic) bond motifs is 5. The zero-order valence-corrected chi connectivity index (χ0v) is 29.4. The predicted octanol–water partition coefficient (Wildman–Crippen LogP) is -0.0948. The first-order chi connectivity index (χ1) is 23.7. The minimum absolute atomic E-state index is 0.0330. The Kier molecular flexibility index (Phi) is 10.0. The van der Waals surface area contributed by atoms with Gasteiger partial charge in [-0.1, -0.05) is 13.8 Å². The van der Waals surface area contributed by atoms with Crippen LogP contribution in [0.5, 0.6) is 0 Å². The summed E-state index contributed by atoms with van der Waals surface area (Å²) in [7, 11) is 1.40. The first kappa shape index (κ1) is 37.1. The van der Waals surface area contributed by atoms with Crippen molar-refractivity contribution in [2.75, 3.05) is 20.3 Å². The zero-order chi connectivity index (χ0) is 35.9. The van der Waals surface area contributed by atoms with Crippen LogP contribution >= 0.6 is 0 Å². The molecule has 7 rings (SSSR count). The lowest BCUT2D eigenvalue weighted by Crippen LogP contribution is -2.66. The fourth-order valence-electron chi connectivity index (χ4n) is 11.6. The summed E-state index contributed by atoms with van der Waals surface area (Å²) in [6, 6.07) is 0. The average molecular weight is 713 g/mol. The number of carbonyl (C=O) groups excluding carboxylic acids is 1. The van der Waals surface area contributed by atoms with Crippen molar-refractivity contribution in [2.45, 2.75) is 151 Å². The molecular weight excluding hydrogens is 656 g/mol. The Morgan fingerprint density at radius 1 is 0.860 bits per heavy atom. The third kappa shape index (κ3) is 5.63. The van der Waals surface area contributed by atoms with Crippen LogP contribution in [0.1, 0.15) is 72.1 Å². The van der Waals surface area contributed by atoms with E-state index in [1.807, 2.05) is 0 Å². The highest BCUT2D eigenvalue weighted by molar-refractivity contribution is 5.85. The predicted molar refractivity (Wildman–Crippen MR) is 172 cm³/mol. The largest absolute Gasteiger partial charge is 0.458 e. The van der Waals surface area contributed by atoms with E-state index in [9.17, 15) is 40.5 Å². The Balaban J connectivity index is 1.01. The average Bonchev–Trinajstić information content (AvgIpc) is 3.63. The molecule has 2 saturated heterocycles. The summed E-state index contributed by atoms with van der Waals surface area (Å²) in [5.74, 6) is 0.0825. The van der Waals surface area contributed by atoms with E-state index in [2.05, 4.69) is 13.8 Å². The third-order valence-electron chi connectivity index (χ3n) is 14.5. The third-order valence-corrected chi connectivity index (χ3v) is 14.5. The van der Waals surface area contributed by atoms with Gasteiger partial charge in [-0.05, 0) is 86.5 Å². The molecule has 284 valence electrons. The molecule has 6 fully saturated rings. The van der Waals surface area contributed by atoms with Crippen LogP contribution in [0, 0.1) is 34.5 Å². The molecule has 3 heterocycles. The second-order valence-electron chi connectivity index (χ2n) is 16.6. The molecule has 14 nitrogen and oxygen atoms in total. The molecule has 3 aliphatic heterocycles. The number of rotatable bonds is 7. The van der Waals surface area contributed by atoms with Gasteiger partial charge in [0.1, 0.15) is 49.3 Å². The molecule has 0 aromatic carbocycles. The number of hydrogen-bond acceptors (Lipinski definition) is 14. The Morgan fingerprint density at radius 2 is 1.60 bits per heavy atom. The number of aliphatic hydroxyl groups is 7. The molecule has 0 amide bonds. The first-order valence-electron chi connectivity index (χ1n) is 18.4. The van der Waals surface area contributed by atoms with Gasteiger partial charge in [-0.3, -0.25) is 0 Å². The number of carbonyl (C=O) groups is 1. The molecule has 19 atom stereocenters. The molecule has 50 heavy (non-hydrogen) atoms. The van der Waals surface area contributed by atoms with Crippen molar-refractivity contribution in [3.05, 3.63) is 11.6 Å². The SMILES string of the molecule is COC1C(O)C(OC2CC(O)C3(C)C(CCC4C3CCC3(C)C(C5=CC(=O)OC5)CCC43O)C2)OC(C)C1OC1OC(CO)C(O)C(O)C1O. The Morgan fingerprint density at radius 3 is 2.28 bits per heavy atom. The minimum Gasteiger partial charge on any atom is -0.458 e. The standard InChI is InChI=1S/C36H56O14/c1-16-30(50-32-28(42)27(41)26(40)23(14-37)49-32)31(45-4)29(43)33(47-16)48-19-12-18-5-6-22-21(35(18,3)24(38)13-19)7-9-34(2)20(8-10-36(22,34)44)17-11-25(39)46-15-17/h11,16,18-24,26-33,37-38,40-44H,5-10,12-15H2,1-4H3. The summed E-state index contributed by atoms with van der Waals surface area (Å²) in [5, 5.41) is 76.3. The molecule has 7 aliphatic rings. The van der Waals surface area contributed by atoms with Crippen molar-refractivity contribution in [1.29, 1.82) is 0 Å². The summed E-state index contributed by atoms with van der Waals surface area (Å²) in [5.41, 5.74) is -0.695. The fraction of sp³-hybridized carbons (Fsp3) is 0.917. The van der Waals surface area contributed by atoms with Gasteiger partial charge in [0.2, 0.25) is 0 Å². The summed E-state index contributed by atoms with van der Waals surface area (Å²) >= 11 is 0. The van der Waals surface area contributed by atoms with Crippen LogP contribution < -0.4 is 0 Å². The number of cyclic esters (lactones) is 1. The highest BCUT2D eigenvalue weighted by Gasteiger charge is 2.69. The lowest BCUT2D eigenvalue weighted by molar-refractivity contribution is -0.363. The molecule has 4 saturated carbocycles. The highest BCUT2D eigenvalue weighted by atomic mass is 16.7.